The summed E-state index contributed by atoms with van der Waals surface area (Å²) in [5.41, 5.74) is 1.04. The number of pyridine rings is 1. The minimum Gasteiger partial charge on any atom is -0.481 e. The van der Waals surface area contributed by atoms with Crippen molar-refractivity contribution in [2.75, 3.05) is 26.8 Å². The number of aromatic nitrogens is 1. The first-order chi connectivity index (χ1) is 10.2. The Balaban J connectivity index is 1.79. The molecular formula is C16H24N2O3. The molecule has 2 fully saturated rings. The Morgan fingerprint density at radius 3 is 3.00 bits per heavy atom. The van der Waals surface area contributed by atoms with Gasteiger partial charge in [0.25, 0.3) is 0 Å². The minimum atomic E-state index is -0.216. The van der Waals surface area contributed by atoms with Gasteiger partial charge in [0, 0.05) is 43.4 Å². The van der Waals surface area contributed by atoms with E-state index in [0.717, 1.165) is 38.0 Å². The van der Waals surface area contributed by atoms with Crippen molar-refractivity contribution in [3.63, 3.8) is 0 Å². The first-order valence-electron chi connectivity index (χ1n) is 7.75. The summed E-state index contributed by atoms with van der Waals surface area (Å²) in [6.45, 7) is 2.03. The summed E-state index contributed by atoms with van der Waals surface area (Å²) < 4.78 is 5.21. The molecule has 3 rings (SSSR count). The van der Waals surface area contributed by atoms with Crippen molar-refractivity contribution in [1.29, 1.82) is 0 Å². The van der Waals surface area contributed by atoms with Crippen molar-refractivity contribution in [1.82, 2.24) is 9.88 Å². The summed E-state index contributed by atoms with van der Waals surface area (Å²) in [6, 6.07) is 6.18. The smallest absolute Gasteiger partial charge is 0.213 e. The van der Waals surface area contributed by atoms with Gasteiger partial charge in [0.2, 0.25) is 5.88 Å². The van der Waals surface area contributed by atoms with Crippen molar-refractivity contribution < 1.29 is 14.9 Å². The lowest BCUT2D eigenvalue weighted by molar-refractivity contribution is -0.0263. The van der Waals surface area contributed by atoms with E-state index in [1.807, 2.05) is 18.2 Å². The van der Waals surface area contributed by atoms with E-state index in [1.165, 1.54) is 0 Å². The number of rotatable bonds is 3. The average molecular weight is 292 g/mol. The molecule has 2 aliphatic rings. The van der Waals surface area contributed by atoms with Gasteiger partial charge in [0.05, 0.1) is 13.2 Å². The van der Waals surface area contributed by atoms with E-state index < -0.39 is 0 Å². The molecule has 1 aromatic rings. The highest BCUT2D eigenvalue weighted by Gasteiger charge is 2.40. The van der Waals surface area contributed by atoms with E-state index in [9.17, 15) is 10.2 Å². The molecule has 5 heteroatoms. The molecule has 0 amide bonds. The number of hydrogen-bond acceptors (Lipinski definition) is 5. The molecule has 0 aliphatic carbocycles. The first-order valence-corrected chi connectivity index (χ1v) is 7.75. The Kier molecular flexibility index (Phi) is 4.42. The Labute approximate surface area is 125 Å². The maximum atomic E-state index is 9.88. The largest absolute Gasteiger partial charge is 0.481 e. The number of aliphatic hydroxyl groups excluding tert-OH is 2. The zero-order valence-corrected chi connectivity index (χ0v) is 12.5. The number of ether oxygens (including phenoxy) is 1. The van der Waals surface area contributed by atoms with Crippen molar-refractivity contribution in [3.8, 4) is 5.88 Å². The second-order valence-electron chi connectivity index (χ2n) is 6.22. The summed E-state index contributed by atoms with van der Waals surface area (Å²) in [4.78, 5) is 6.98. The molecule has 2 N–H and O–H groups in total. The highest BCUT2D eigenvalue weighted by atomic mass is 16.5. The van der Waals surface area contributed by atoms with Crippen LogP contribution in [0.4, 0.5) is 0 Å². The SMILES string of the molecule is COc1cccc(C2CC(CO)C3CC(O)CCN3C2)n1. The van der Waals surface area contributed by atoms with Gasteiger partial charge in [-0.05, 0) is 31.2 Å². The molecule has 0 radical (unpaired) electrons. The molecule has 0 spiro atoms. The minimum absolute atomic E-state index is 0.175. The Bertz CT molecular complexity index is 474. The van der Waals surface area contributed by atoms with Crippen LogP contribution in [-0.2, 0) is 0 Å². The predicted octanol–water partition coefficient (Wildman–Crippen LogP) is 1.01. The molecule has 2 saturated heterocycles. The van der Waals surface area contributed by atoms with E-state index in [-0.39, 0.29) is 18.6 Å². The summed E-state index contributed by atoms with van der Waals surface area (Å²) >= 11 is 0. The lowest BCUT2D eigenvalue weighted by Gasteiger charge is -2.47. The number of aliphatic hydroxyl groups is 2. The quantitative estimate of drug-likeness (QED) is 0.870. The Morgan fingerprint density at radius 1 is 1.38 bits per heavy atom. The fourth-order valence-electron chi connectivity index (χ4n) is 3.81. The van der Waals surface area contributed by atoms with Crippen LogP contribution >= 0.6 is 0 Å². The Morgan fingerprint density at radius 2 is 2.24 bits per heavy atom. The number of methoxy groups -OCH3 is 1. The standard InChI is InChI=1S/C16H24N2O3/c1-21-16-4-2-3-14(17-16)11-7-12(10-19)15-8-13(20)5-6-18(15)9-11/h2-4,11-13,15,19-20H,5-10H2,1H3. The fraction of sp³-hybridized carbons (Fsp3) is 0.688. The molecule has 3 heterocycles. The fourth-order valence-corrected chi connectivity index (χ4v) is 3.81. The van der Waals surface area contributed by atoms with E-state index in [0.29, 0.717) is 17.8 Å². The number of piperidine rings is 2. The second kappa shape index (κ2) is 6.30. The van der Waals surface area contributed by atoms with Crippen LogP contribution in [0, 0.1) is 5.92 Å². The first kappa shape index (κ1) is 14.8. The number of hydrogen-bond donors (Lipinski definition) is 2. The van der Waals surface area contributed by atoms with E-state index >= 15 is 0 Å². The maximum Gasteiger partial charge on any atom is 0.213 e. The molecule has 2 aliphatic heterocycles. The summed E-state index contributed by atoms with van der Waals surface area (Å²) in [6.07, 6.45) is 2.31. The summed E-state index contributed by atoms with van der Waals surface area (Å²) in [5, 5.41) is 19.6. The highest BCUT2D eigenvalue weighted by molar-refractivity contribution is 5.20. The molecule has 5 nitrogen and oxygen atoms in total. The van der Waals surface area contributed by atoms with Crippen LogP contribution in [-0.4, -0.2) is 59.0 Å². The van der Waals surface area contributed by atoms with Gasteiger partial charge in [-0.25, -0.2) is 4.98 Å². The van der Waals surface area contributed by atoms with Gasteiger partial charge in [-0.15, -0.1) is 0 Å². The van der Waals surface area contributed by atoms with Gasteiger partial charge in [0.1, 0.15) is 0 Å². The molecule has 0 aromatic carbocycles. The zero-order chi connectivity index (χ0) is 14.8. The van der Waals surface area contributed by atoms with Gasteiger partial charge in [-0.1, -0.05) is 6.07 Å². The van der Waals surface area contributed by atoms with Crippen molar-refractivity contribution in [3.05, 3.63) is 23.9 Å². The van der Waals surface area contributed by atoms with Crippen LogP contribution in [0.15, 0.2) is 18.2 Å². The van der Waals surface area contributed by atoms with Gasteiger partial charge in [-0.3, -0.25) is 4.90 Å². The molecule has 0 saturated carbocycles. The third-order valence-electron chi connectivity index (χ3n) is 4.93. The molecule has 1 aromatic heterocycles. The monoisotopic (exact) mass is 292 g/mol. The van der Waals surface area contributed by atoms with E-state index in [2.05, 4.69) is 9.88 Å². The molecule has 21 heavy (non-hydrogen) atoms. The normalized spacial score (nSPS) is 33.5. The topological polar surface area (TPSA) is 65.8 Å². The van der Waals surface area contributed by atoms with Crippen LogP contribution in [0.3, 0.4) is 0 Å². The van der Waals surface area contributed by atoms with Gasteiger partial charge >= 0.3 is 0 Å². The van der Waals surface area contributed by atoms with E-state index in [1.54, 1.807) is 7.11 Å². The van der Waals surface area contributed by atoms with Crippen LogP contribution in [0.1, 0.15) is 30.9 Å². The van der Waals surface area contributed by atoms with Gasteiger partial charge < -0.3 is 14.9 Å². The molecule has 4 unspecified atom stereocenters. The molecule has 116 valence electrons. The second-order valence-corrected chi connectivity index (χ2v) is 6.22. The Hall–Kier alpha value is -1.17. The highest BCUT2D eigenvalue weighted by Crippen LogP contribution is 2.37. The summed E-state index contributed by atoms with van der Waals surface area (Å²) in [5.74, 6) is 1.18. The van der Waals surface area contributed by atoms with Gasteiger partial charge in [-0.2, -0.15) is 0 Å². The molecule has 4 atom stereocenters. The molecular weight excluding hydrogens is 268 g/mol. The van der Waals surface area contributed by atoms with E-state index in [4.69, 9.17) is 4.74 Å². The zero-order valence-electron chi connectivity index (χ0n) is 12.5. The van der Waals surface area contributed by atoms with Crippen molar-refractivity contribution in [2.45, 2.75) is 37.3 Å². The predicted molar refractivity (Wildman–Crippen MR) is 79.3 cm³/mol. The van der Waals surface area contributed by atoms with Crippen molar-refractivity contribution >= 4 is 0 Å². The third-order valence-corrected chi connectivity index (χ3v) is 4.93. The average Bonchev–Trinajstić information content (AvgIpc) is 2.54. The maximum absolute atomic E-state index is 9.88. The van der Waals surface area contributed by atoms with Gasteiger partial charge in [0.15, 0.2) is 0 Å². The summed E-state index contributed by atoms with van der Waals surface area (Å²) in [7, 11) is 1.63. The van der Waals surface area contributed by atoms with Crippen LogP contribution in [0.2, 0.25) is 0 Å². The van der Waals surface area contributed by atoms with Crippen molar-refractivity contribution in [2.24, 2.45) is 5.92 Å². The van der Waals surface area contributed by atoms with Crippen LogP contribution < -0.4 is 4.74 Å². The number of nitrogens with zero attached hydrogens (tertiary/aromatic N) is 2. The van der Waals surface area contributed by atoms with Crippen LogP contribution in [0.5, 0.6) is 5.88 Å². The lowest BCUT2D eigenvalue weighted by Crippen LogP contribution is -2.54. The third kappa shape index (κ3) is 3.05. The molecule has 0 bridgehead atoms. The van der Waals surface area contributed by atoms with Crippen LogP contribution in [0.25, 0.3) is 0 Å². The lowest BCUT2D eigenvalue weighted by atomic mass is 9.77. The number of fused-ring (bicyclic) bond motifs is 1.